The first kappa shape index (κ1) is 5.25. The number of aromatic nitrogens is 1. The van der Waals surface area contributed by atoms with Gasteiger partial charge in [0.05, 0.1) is 0 Å². The minimum Gasteiger partial charge on any atom is -0.314 e. The van der Waals surface area contributed by atoms with Crippen LogP contribution in [0, 0.1) is 0 Å². The Morgan fingerprint density at radius 1 is 2.00 bits per heavy atom. The first-order valence-electron chi connectivity index (χ1n) is 2.03. The van der Waals surface area contributed by atoms with Gasteiger partial charge in [0.15, 0.2) is 0 Å². The molecule has 0 aliphatic rings. The maximum absolute atomic E-state index is 3.10. The van der Waals surface area contributed by atoms with Crippen molar-refractivity contribution in [2.24, 2.45) is 0 Å². The van der Waals surface area contributed by atoms with E-state index in [-0.39, 0.29) is 0 Å². The van der Waals surface area contributed by atoms with Crippen molar-refractivity contribution in [1.82, 2.24) is 4.37 Å². The molecule has 0 bridgehead atoms. The summed E-state index contributed by atoms with van der Waals surface area (Å²) in [5.74, 6) is 1.13. The molecular formula is C4H7NS2. The molecular weight excluding hydrogens is 126 g/mol. The zero-order valence-corrected chi connectivity index (χ0v) is 5.73. The van der Waals surface area contributed by atoms with Crippen LogP contribution in [0.1, 0.15) is 5.69 Å². The highest BCUT2D eigenvalue weighted by Crippen LogP contribution is 2.09. The van der Waals surface area contributed by atoms with Gasteiger partial charge in [-0.15, -0.1) is 0 Å². The molecule has 0 aromatic carbocycles. The summed E-state index contributed by atoms with van der Waals surface area (Å²) in [7, 11) is 0. The fraction of sp³-hybridized carbons (Fsp3) is 0.500. The van der Waals surface area contributed by atoms with E-state index in [1.54, 1.807) is 11.5 Å². The van der Waals surface area contributed by atoms with Gasteiger partial charge in [0, 0.05) is 16.8 Å². The van der Waals surface area contributed by atoms with Gasteiger partial charge in [0.2, 0.25) is 0 Å². The molecule has 0 unspecified atom stereocenters. The third kappa shape index (κ3) is 1.24. The number of thioether (sulfide) groups is 1. The Balaban J connectivity index is 2.26. The highest BCUT2D eigenvalue weighted by molar-refractivity contribution is 7.97. The summed E-state index contributed by atoms with van der Waals surface area (Å²) in [6.07, 6.45) is 2.10. The second-order valence-corrected chi connectivity index (χ2v) is 2.84. The summed E-state index contributed by atoms with van der Waals surface area (Å²) < 4.78 is 3.10. The Hall–Kier alpha value is 0.110. The first-order chi connectivity index (χ1) is 3.43. The van der Waals surface area contributed by atoms with Crippen LogP contribution in [0.25, 0.3) is 0 Å². The lowest BCUT2D eigenvalue weighted by molar-refractivity contribution is 1.27. The largest absolute Gasteiger partial charge is 0.314 e. The van der Waals surface area contributed by atoms with Crippen LogP contribution >= 0.6 is 23.3 Å². The van der Waals surface area contributed by atoms with E-state index in [1.807, 2.05) is 11.8 Å². The quantitative estimate of drug-likeness (QED) is 0.652. The molecule has 0 saturated heterocycles. The molecule has 0 saturated carbocycles. The normalized spacial score (nSPS) is 9.86. The van der Waals surface area contributed by atoms with Crippen molar-refractivity contribution < 1.29 is 0 Å². The molecule has 0 amide bonds. The van der Waals surface area contributed by atoms with Crippen molar-refractivity contribution in [3.63, 3.8) is 0 Å². The first-order valence-corrected chi connectivity index (χ1v) is 4.30. The van der Waals surface area contributed by atoms with E-state index in [2.05, 4.69) is 16.0 Å². The Labute approximate surface area is 51.3 Å². The maximum Gasteiger partial charge on any atom is 0.0462 e. The van der Waals surface area contributed by atoms with Gasteiger partial charge in [-0.2, -0.15) is 11.8 Å². The van der Waals surface area contributed by atoms with Crippen LogP contribution in [0.5, 0.6) is 0 Å². The summed E-state index contributed by atoms with van der Waals surface area (Å²) >= 11 is 3.50. The SMILES string of the molecule is CSCc1cs[nH]1. The van der Waals surface area contributed by atoms with Crippen molar-refractivity contribution in [3.05, 3.63) is 11.1 Å². The fourth-order valence-corrected chi connectivity index (χ4v) is 1.46. The van der Waals surface area contributed by atoms with Crippen molar-refractivity contribution in [2.45, 2.75) is 5.75 Å². The van der Waals surface area contributed by atoms with E-state index in [0.717, 1.165) is 5.75 Å². The van der Waals surface area contributed by atoms with Crippen LogP contribution < -0.4 is 0 Å². The molecule has 1 rings (SSSR count). The highest BCUT2D eigenvalue weighted by Gasteiger charge is 1.89. The number of nitrogens with one attached hydrogen (secondary N) is 1. The van der Waals surface area contributed by atoms with E-state index in [4.69, 9.17) is 0 Å². The van der Waals surface area contributed by atoms with Gasteiger partial charge < -0.3 is 4.37 Å². The van der Waals surface area contributed by atoms with Crippen molar-refractivity contribution in [2.75, 3.05) is 6.26 Å². The molecule has 1 aromatic rings. The zero-order valence-electron chi connectivity index (χ0n) is 4.10. The van der Waals surface area contributed by atoms with Crippen LogP contribution in [-0.4, -0.2) is 10.6 Å². The van der Waals surface area contributed by atoms with Crippen LogP contribution in [0.3, 0.4) is 0 Å². The predicted molar refractivity (Wildman–Crippen MR) is 35.9 cm³/mol. The molecule has 0 fully saturated rings. The molecule has 0 radical (unpaired) electrons. The Bertz CT molecular complexity index is 113. The second-order valence-electron chi connectivity index (χ2n) is 1.30. The van der Waals surface area contributed by atoms with Crippen molar-refractivity contribution in [1.29, 1.82) is 0 Å². The van der Waals surface area contributed by atoms with Gasteiger partial charge in [0.1, 0.15) is 0 Å². The monoisotopic (exact) mass is 133 g/mol. The van der Waals surface area contributed by atoms with Crippen LogP contribution in [0.4, 0.5) is 0 Å². The fourth-order valence-electron chi connectivity index (χ4n) is 0.361. The van der Waals surface area contributed by atoms with E-state index in [9.17, 15) is 0 Å². The number of H-pyrrole nitrogens is 1. The maximum atomic E-state index is 3.10. The number of rotatable bonds is 2. The average molecular weight is 133 g/mol. The molecule has 0 aliphatic heterocycles. The van der Waals surface area contributed by atoms with Crippen LogP contribution in [0.15, 0.2) is 5.38 Å². The summed E-state index contributed by atoms with van der Waals surface area (Å²) in [4.78, 5) is 0. The van der Waals surface area contributed by atoms with E-state index in [1.165, 1.54) is 5.69 Å². The van der Waals surface area contributed by atoms with E-state index >= 15 is 0 Å². The Morgan fingerprint density at radius 2 is 2.71 bits per heavy atom. The number of hydrogen-bond donors (Lipinski definition) is 1. The van der Waals surface area contributed by atoms with Gasteiger partial charge in [-0.25, -0.2) is 0 Å². The van der Waals surface area contributed by atoms with Crippen molar-refractivity contribution >= 4 is 23.3 Å². The van der Waals surface area contributed by atoms with Gasteiger partial charge in [-0.05, 0) is 6.26 Å². The van der Waals surface area contributed by atoms with Crippen LogP contribution in [0.2, 0.25) is 0 Å². The molecule has 40 valence electrons. The third-order valence-corrected chi connectivity index (χ3v) is 2.07. The molecule has 7 heavy (non-hydrogen) atoms. The highest BCUT2D eigenvalue weighted by atomic mass is 32.2. The second kappa shape index (κ2) is 2.43. The summed E-state index contributed by atoms with van der Waals surface area (Å²) in [6, 6.07) is 0. The Kier molecular flexibility index (Phi) is 1.82. The van der Waals surface area contributed by atoms with Gasteiger partial charge in [0.25, 0.3) is 0 Å². The zero-order chi connectivity index (χ0) is 5.11. The molecule has 1 nitrogen and oxygen atoms in total. The van der Waals surface area contributed by atoms with E-state index < -0.39 is 0 Å². The lowest BCUT2D eigenvalue weighted by Gasteiger charge is -1.97. The van der Waals surface area contributed by atoms with Gasteiger partial charge in [-0.1, -0.05) is 11.5 Å². The third-order valence-electron chi connectivity index (χ3n) is 0.691. The lowest BCUT2D eigenvalue weighted by Crippen LogP contribution is -1.82. The molecule has 0 spiro atoms. The topological polar surface area (TPSA) is 15.8 Å². The summed E-state index contributed by atoms with van der Waals surface area (Å²) in [5.41, 5.74) is 1.36. The molecule has 0 aliphatic carbocycles. The number of aromatic amines is 1. The van der Waals surface area contributed by atoms with Crippen LogP contribution in [-0.2, 0) is 5.75 Å². The van der Waals surface area contributed by atoms with Gasteiger partial charge >= 0.3 is 0 Å². The molecule has 1 heterocycles. The Morgan fingerprint density at radius 3 is 2.86 bits per heavy atom. The molecule has 0 atom stereocenters. The number of hydrogen-bond acceptors (Lipinski definition) is 2. The van der Waals surface area contributed by atoms with Crippen molar-refractivity contribution in [3.8, 4) is 0 Å². The minimum absolute atomic E-state index is 1.13. The average Bonchev–Trinajstić information content (AvgIpc) is 1.55. The standard InChI is InChI=1S/C4H7NS2/c1-6-2-4-3-7-5-4/h3,5H,2H2,1H3. The smallest absolute Gasteiger partial charge is 0.0462 e. The molecule has 1 aromatic heterocycles. The van der Waals surface area contributed by atoms with E-state index in [0.29, 0.717) is 0 Å². The lowest BCUT2D eigenvalue weighted by atomic mass is 10.6. The summed E-state index contributed by atoms with van der Waals surface area (Å²) in [5, 5.41) is 2.14. The predicted octanol–water partition coefficient (Wildman–Crippen LogP) is 1.94. The van der Waals surface area contributed by atoms with Gasteiger partial charge in [-0.3, -0.25) is 0 Å². The molecule has 1 N–H and O–H groups in total. The molecule has 3 heteroatoms. The minimum atomic E-state index is 1.13. The summed E-state index contributed by atoms with van der Waals surface area (Å²) in [6.45, 7) is 0.